The van der Waals surface area contributed by atoms with Crippen molar-refractivity contribution in [3.05, 3.63) is 35.4 Å². The first kappa shape index (κ1) is 13.9. The van der Waals surface area contributed by atoms with E-state index in [9.17, 15) is 13.2 Å². The molecule has 0 radical (unpaired) electrons. The average Bonchev–Trinajstić information content (AvgIpc) is 3.00. The van der Waals surface area contributed by atoms with E-state index in [1.807, 2.05) is 0 Å². The molecule has 1 nitrogen and oxygen atoms in total. The zero-order chi connectivity index (χ0) is 14.3. The summed E-state index contributed by atoms with van der Waals surface area (Å²) in [7, 11) is 0. The molecule has 2 aliphatic rings. The van der Waals surface area contributed by atoms with Crippen LogP contribution in [0.1, 0.15) is 49.3 Å². The summed E-state index contributed by atoms with van der Waals surface area (Å²) in [6.07, 6.45) is 1.33. The lowest BCUT2D eigenvalue weighted by atomic mass is 9.82. The summed E-state index contributed by atoms with van der Waals surface area (Å²) in [5.74, 6) is 2.02. The predicted octanol–water partition coefficient (Wildman–Crippen LogP) is 4.53. The van der Waals surface area contributed by atoms with Gasteiger partial charge in [0.25, 0.3) is 0 Å². The summed E-state index contributed by atoms with van der Waals surface area (Å²) in [6.45, 7) is 0. The van der Waals surface area contributed by atoms with Crippen molar-refractivity contribution >= 4 is 0 Å². The van der Waals surface area contributed by atoms with Crippen LogP contribution < -0.4 is 5.73 Å². The van der Waals surface area contributed by atoms with E-state index < -0.39 is 17.8 Å². The molecule has 0 spiro atoms. The molecule has 2 N–H and O–H groups in total. The fourth-order valence-corrected chi connectivity index (χ4v) is 4.20. The number of benzene rings is 1. The normalized spacial score (nSPS) is 30.7. The molecular weight excluding hydrogens is 263 g/mol. The van der Waals surface area contributed by atoms with Crippen molar-refractivity contribution in [1.82, 2.24) is 0 Å². The molecular formula is C16H20F3N. The summed E-state index contributed by atoms with van der Waals surface area (Å²) in [5.41, 5.74) is 5.78. The maximum atomic E-state index is 13.0. The predicted molar refractivity (Wildman–Crippen MR) is 71.9 cm³/mol. The van der Waals surface area contributed by atoms with E-state index >= 15 is 0 Å². The van der Waals surface area contributed by atoms with Gasteiger partial charge in [-0.1, -0.05) is 24.6 Å². The first-order valence-electron chi connectivity index (χ1n) is 7.37. The molecule has 0 heterocycles. The van der Waals surface area contributed by atoms with E-state index in [4.69, 9.17) is 5.73 Å². The van der Waals surface area contributed by atoms with Crippen LogP contribution in [0.5, 0.6) is 0 Å². The maximum Gasteiger partial charge on any atom is 0.416 e. The van der Waals surface area contributed by atoms with Gasteiger partial charge in [0.05, 0.1) is 5.56 Å². The summed E-state index contributed by atoms with van der Waals surface area (Å²) in [4.78, 5) is 0. The molecule has 20 heavy (non-hydrogen) atoms. The standard InChI is InChI=1S/C16H20F3N/c17-16(18,19)14-4-2-1-3-13(14)15(20)9-12-8-10-5-6-11(12)7-10/h1-4,10-12,15H,5-9,20H2. The van der Waals surface area contributed by atoms with E-state index in [0.29, 0.717) is 18.3 Å². The van der Waals surface area contributed by atoms with E-state index in [0.717, 1.165) is 18.4 Å². The third-order valence-electron chi connectivity index (χ3n) is 5.11. The van der Waals surface area contributed by atoms with Crippen LogP contribution >= 0.6 is 0 Å². The van der Waals surface area contributed by atoms with E-state index in [2.05, 4.69) is 0 Å². The van der Waals surface area contributed by atoms with Crippen molar-refractivity contribution in [3.63, 3.8) is 0 Å². The Morgan fingerprint density at radius 3 is 2.50 bits per heavy atom. The summed E-state index contributed by atoms with van der Waals surface area (Å²) < 4.78 is 39.0. The van der Waals surface area contributed by atoms with Gasteiger partial charge in [0.15, 0.2) is 0 Å². The Bertz CT molecular complexity index is 483. The van der Waals surface area contributed by atoms with Crippen molar-refractivity contribution in [2.75, 3.05) is 0 Å². The highest BCUT2D eigenvalue weighted by molar-refractivity contribution is 5.32. The lowest BCUT2D eigenvalue weighted by Crippen LogP contribution is -2.22. The van der Waals surface area contributed by atoms with Gasteiger partial charge in [0.2, 0.25) is 0 Å². The van der Waals surface area contributed by atoms with Gasteiger partial charge in [0, 0.05) is 6.04 Å². The molecule has 2 bridgehead atoms. The fourth-order valence-electron chi connectivity index (χ4n) is 4.20. The van der Waals surface area contributed by atoms with Crippen molar-refractivity contribution < 1.29 is 13.2 Å². The van der Waals surface area contributed by atoms with Gasteiger partial charge in [-0.3, -0.25) is 0 Å². The van der Waals surface area contributed by atoms with E-state index in [1.54, 1.807) is 6.07 Å². The highest BCUT2D eigenvalue weighted by atomic mass is 19.4. The SMILES string of the molecule is NC(CC1CC2CCC1C2)c1ccccc1C(F)(F)F. The molecule has 2 saturated carbocycles. The largest absolute Gasteiger partial charge is 0.416 e. The number of rotatable bonds is 3. The van der Waals surface area contributed by atoms with Crippen LogP contribution in [0.2, 0.25) is 0 Å². The molecule has 2 fully saturated rings. The Hall–Kier alpha value is -1.03. The first-order valence-corrected chi connectivity index (χ1v) is 7.37. The van der Waals surface area contributed by atoms with Gasteiger partial charge < -0.3 is 5.73 Å². The molecule has 0 aromatic heterocycles. The molecule has 0 amide bonds. The van der Waals surface area contributed by atoms with Gasteiger partial charge in [-0.15, -0.1) is 0 Å². The quantitative estimate of drug-likeness (QED) is 0.866. The van der Waals surface area contributed by atoms with Crippen LogP contribution in [0.15, 0.2) is 24.3 Å². The van der Waals surface area contributed by atoms with Gasteiger partial charge in [0.1, 0.15) is 0 Å². The lowest BCUT2D eigenvalue weighted by Gasteiger charge is -2.26. The van der Waals surface area contributed by atoms with Crippen LogP contribution in [-0.4, -0.2) is 0 Å². The lowest BCUT2D eigenvalue weighted by molar-refractivity contribution is -0.138. The van der Waals surface area contributed by atoms with E-state index in [-0.39, 0.29) is 5.56 Å². The zero-order valence-corrected chi connectivity index (χ0v) is 11.4. The molecule has 1 aromatic rings. The third kappa shape index (κ3) is 2.58. The summed E-state index contributed by atoms with van der Waals surface area (Å²) in [6, 6.07) is 5.23. The minimum Gasteiger partial charge on any atom is -0.324 e. The van der Waals surface area contributed by atoms with Crippen molar-refractivity contribution in [3.8, 4) is 0 Å². The molecule has 4 heteroatoms. The smallest absolute Gasteiger partial charge is 0.324 e. The highest BCUT2D eigenvalue weighted by Crippen LogP contribution is 2.51. The minimum atomic E-state index is -4.32. The Kier molecular flexibility index (Phi) is 3.53. The summed E-state index contributed by atoms with van der Waals surface area (Å²) in [5, 5.41) is 0. The van der Waals surface area contributed by atoms with Crippen molar-refractivity contribution in [1.29, 1.82) is 0 Å². The van der Waals surface area contributed by atoms with Crippen LogP contribution in [0.4, 0.5) is 13.2 Å². The van der Waals surface area contributed by atoms with Crippen molar-refractivity contribution in [2.24, 2.45) is 23.5 Å². The monoisotopic (exact) mass is 283 g/mol. The molecule has 4 atom stereocenters. The number of halogens is 3. The minimum absolute atomic E-state index is 0.253. The van der Waals surface area contributed by atoms with Crippen LogP contribution in [0.3, 0.4) is 0 Å². The molecule has 2 aliphatic carbocycles. The van der Waals surface area contributed by atoms with E-state index in [1.165, 1.54) is 31.4 Å². The number of hydrogen-bond acceptors (Lipinski definition) is 1. The summed E-state index contributed by atoms with van der Waals surface area (Å²) >= 11 is 0. The molecule has 1 aromatic carbocycles. The Morgan fingerprint density at radius 1 is 1.15 bits per heavy atom. The second-order valence-corrected chi connectivity index (χ2v) is 6.36. The Morgan fingerprint density at radius 2 is 1.90 bits per heavy atom. The maximum absolute atomic E-state index is 13.0. The van der Waals surface area contributed by atoms with Gasteiger partial charge >= 0.3 is 6.18 Å². The van der Waals surface area contributed by atoms with Gasteiger partial charge in [-0.05, 0) is 55.1 Å². The third-order valence-corrected chi connectivity index (χ3v) is 5.11. The van der Waals surface area contributed by atoms with Crippen LogP contribution in [0, 0.1) is 17.8 Å². The number of nitrogens with two attached hydrogens (primary N) is 1. The zero-order valence-electron chi connectivity index (χ0n) is 11.4. The first-order chi connectivity index (χ1) is 9.45. The molecule has 3 rings (SSSR count). The van der Waals surface area contributed by atoms with Crippen LogP contribution in [-0.2, 0) is 6.18 Å². The molecule has 4 unspecified atom stereocenters. The topological polar surface area (TPSA) is 26.0 Å². The second-order valence-electron chi connectivity index (χ2n) is 6.36. The average molecular weight is 283 g/mol. The molecule has 0 saturated heterocycles. The van der Waals surface area contributed by atoms with Crippen molar-refractivity contribution in [2.45, 2.75) is 44.3 Å². The Labute approximate surface area is 117 Å². The Balaban J connectivity index is 1.76. The second kappa shape index (κ2) is 5.06. The number of hydrogen-bond donors (Lipinski definition) is 1. The molecule has 110 valence electrons. The number of alkyl halides is 3. The van der Waals surface area contributed by atoms with Crippen LogP contribution in [0.25, 0.3) is 0 Å². The van der Waals surface area contributed by atoms with Gasteiger partial charge in [-0.2, -0.15) is 13.2 Å². The van der Waals surface area contributed by atoms with Gasteiger partial charge in [-0.25, -0.2) is 0 Å². The molecule has 0 aliphatic heterocycles. The fraction of sp³-hybridized carbons (Fsp3) is 0.625. The highest BCUT2D eigenvalue weighted by Gasteiger charge is 2.41. The number of fused-ring (bicyclic) bond motifs is 2.